The minimum atomic E-state index is 0.235. The number of aromatic hydroxyl groups is 1. The van der Waals surface area contributed by atoms with Gasteiger partial charge in [0.05, 0.1) is 5.69 Å². The lowest BCUT2D eigenvalue weighted by Crippen LogP contribution is -1.89. The smallest absolute Gasteiger partial charge is 0.123 e. The van der Waals surface area contributed by atoms with E-state index < -0.39 is 0 Å². The van der Waals surface area contributed by atoms with E-state index in [-0.39, 0.29) is 5.75 Å². The Morgan fingerprint density at radius 1 is 0.769 bits per heavy atom. The van der Waals surface area contributed by atoms with Gasteiger partial charge in [0.15, 0.2) is 0 Å². The highest BCUT2D eigenvalue weighted by Crippen LogP contribution is 2.31. The molecule has 26 heavy (non-hydrogen) atoms. The largest absolute Gasteiger partial charge is 0.507 e. The Labute approximate surface area is 155 Å². The van der Waals surface area contributed by atoms with Crippen LogP contribution in [-0.4, -0.2) is 20.1 Å². The zero-order valence-corrected chi connectivity index (χ0v) is 14.6. The molecule has 0 fully saturated rings. The molecule has 0 spiro atoms. The van der Waals surface area contributed by atoms with Gasteiger partial charge in [-0.1, -0.05) is 42.1 Å². The molecular weight excluding hydrogens is 342 g/mol. The molecule has 4 aromatic rings. The summed E-state index contributed by atoms with van der Waals surface area (Å²) in [5.41, 5.74) is 3.33. The number of phenols is 1. The van der Waals surface area contributed by atoms with E-state index in [1.165, 1.54) is 11.8 Å². The topological polar surface area (TPSA) is 58.9 Å². The van der Waals surface area contributed by atoms with Gasteiger partial charge >= 0.3 is 0 Å². The van der Waals surface area contributed by atoms with Crippen molar-refractivity contribution in [3.8, 4) is 28.1 Å². The van der Waals surface area contributed by atoms with Crippen LogP contribution in [-0.2, 0) is 0 Å². The highest BCUT2D eigenvalue weighted by Gasteiger charge is 2.08. The van der Waals surface area contributed by atoms with E-state index in [9.17, 15) is 5.11 Å². The first-order valence-electron chi connectivity index (χ1n) is 8.09. The fourth-order valence-electron chi connectivity index (χ4n) is 2.59. The van der Waals surface area contributed by atoms with Crippen molar-refractivity contribution in [2.45, 2.75) is 10.1 Å². The van der Waals surface area contributed by atoms with Gasteiger partial charge in [-0.3, -0.25) is 4.98 Å². The Kier molecular flexibility index (Phi) is 4.62. The molecule has 0 saturated carbocycles. The van der Waals surface area contributed by atoms with Crippen molar-refractivity contribution in [3.05, 3.63) is 85.3 Å². The van der Waals surface area contributed by atoms with Crippen molar-refractivity contribution in [1.82, 2.24) is 15.0 Å². The molecule has 4 rings (SSSR count). The summed E-state index contributed by atoms with van der Waals surface area (Å²) in [4.78, 5) is 13.4. The minimum Gasteiger partial charge on any atom is -0.507 e. The van der Waals surface area contributed by atoms with Crippen LogP contribution in [0.2, 0.25) is 0 Å². The summed E-state index contributed by atoms with van der Waals surface area (Å²) in [5.74, 6) is 0.235. The van der Waals surface area contributed by atoms with E-state index in [0.29, 0.717) is 0 Å². The molecule has 0 amide bonds. The third-order valence-corrected chi connectivity index (χ3v) is 4.71. The summed E-state index contributed by atoms with van der Waals surface area (Å²) in [6, 6.07) is 20.9. The van der Waals surface area contributed by atoms with Crippen molar-refractivity contribution in [2.24, 2.45) is 0 Å². The van der Waals surface area contributed by atoms with Crippen LogP contribution in [0.5, 0.6) is 5.75 Å². The molecule has 3 aromatic heterocycles. The SMILES string of the molecule is Oc1ccccc1-c1cncc(-c2cccc(Sc3ccccn3)n2)c1. The molecule has 126 valence electrons. The summed E-state index contributed by atoms with van der Waals surface area (Å²) in [6.07, 6.45) is 5.29. The van der Waals surface area contributed by atoms with Gasteiger partial charge in [0.2, 0.25) is 0 Å². The quantitative estimate of drug-likeness (QED) is 0.553. The molecule has 0 atom stereocenters. The Hall–Kier alpha value is -3.18. The Bertz CT molecular complexity index is 1040. The number of rotatable bonds is 4. The van der Waals surface area contributed by atoms with Crippen LogP contribution in [0.3, 0.4) is 0 Å². The van der Waals surface area contributed by atoms with Crippen molar-refractivity contribution in [2.75, 3.05) is 0 Å². The molecule has 0 aliphatic heterocycles. The number of hydrogen-bond acceptors (Lipinski definition) is 5. The normalized spacial score (nSPS) is 10.6. The second-order valence-corrected chi connectivity index (χ2v) is 6.65. The van der Waals surface area contributed by atoms with Crippen LogP contribution in [0, 0.1) is 0 Å². The summed E-state index contributed by atoms with van der Waals surface area (Å²) >= 11 is 1.52. The summed E-state index contributed by atoms with van der Waals surface area (Å²) < 4.78 is 0. The molecule has 1 aromatic carbocycles. The number of para-hydroxylation sites is 1. The molecule has 0 aliphatic rings. The highest BCUT2D eigenvalue weighted by molar-refractivity contribution is 7.99. The Balaban J connectivity index is 1.67. The Morgan fingerprint density at radius 2 is 1.58 bits per heavy atom. The first-order valence-corrected chi connectivity index (χ1v) is 8.91. The Morgan fingerprint density at radius 3 is 2.42 bits per heavy atom. The fourth-order valence-corrected chi connectivity index (χ4v) is 3.36. The number of pyridine rings is 3. The highest BCUT2D eigenvalue weighted by atomic mass is 32.2. The van der Waals surface area contributed by atoms with Gasteiger partial charge in [-0.25, -0.2) is 9.97 Å². The van der Waals surface area contributed by atoms with Crippen LogP contribution in [0.15, 0.2) is 95.4 Å². The van der Waals surface area contributed by atoms with Crippen LogP contribution in [0.25, 0.3) is 22.4 Å². The fraction of sp³-hybridized carbons (Fsp3) is 0. The maximum atomic E-state index is 10.1. The lowest BCUT2D eigenvalue weighted by molar-refractivity contribution is 0.477. The van der Waals surface area contributed by atoms with Crippen molar-refractivity contribution in [1.29, 1.82) is 0 Å². The molecular formula is C21H15N3OS. The minimum absolute atomic E-state index is 0.235. The summed E-state index contributed by atoms with van der Waals surface area (Å²) in [6.45, 7) is 0. The van der Waals surface area contributed by atoms with Crippen molar-refractivity contribution in [3.63, 3.8) is 0 Å². The van der Waals surface area contributed by atoms with Crippen molar-refractivity contribution < 1.29 is 5.11 Å². The average Bonchev–Trinajstić information content (AvgIpc) is 2.69. The van der Waals surface area contributed by atoms with Gasteiger partial charge in [0.25, 0.3) is 0 Å². The maximum Gasteiger partial charge on any atom is 0.123 e. The molecule has 4 nitrogen and oxygen atoms in total. The van der Waals surface area contributed by atoms with Crippen LogP contribution in [0.4, 0.5) is 0 Å². The lowest BCUT2D eigenvalue weighted by atomic mass is 10.0. The summed E-state index contributed by atoms with van der Waals surface area (Å²) in [5, 5.41) is 11.9. The zero-order valence-electron chi connectivity index (χ0n) is 13.8. The average molecular weight is 357 g/mol. The van der Waals surface area contributed by atoms with E-state index in [1.54, 1.807) is 30.7 Å². The predicted octanol–water partition coefficient (Wildman–Crippen LogP) is 5.06. The third kappa shape index (κ3) is 3.58. The van der Waals surface area contributed by atoms with E-state index in [0.717, 1.165) is 32.4 Å². The molecule has 0 bridgehead atoms. The van der Waals surface area contributed by atoms with Crippen LogP contribution < -0.4 is 0 Å². The van der Waals surface area contributed by atoms with Gasteiger partial charge in [-0.2, -0.15) is 0 Å². The van der Waals surface area contributed by atoms with E-state index in [2.05, 4.69) is 9.97 Å². The molecule has 0 radical (unpaired) electrons. The maximum absolute atomic E-state index is 10.1. The van der Waals surface area contributed by atoms with Crippen molar-refractivity contribution >= 4 is 11.8 Å². The van der Waals surface area contributed by atoms with Gasteiger partial charge in [0, 0.05) is 35.3 Å². The number of nitrogens with zero attached hydrogens (tertiary/aromatic N) is 3. The first kappa shape index (κ1) is 16.3. The van der Waals surface area contributed by atoms with Gasteiger partial charge in [0.1, 0.15) is 15.8 Å². The molecule has 0 saturated heterocycles. The third-order valence-electron chi connectivity index (χ3n) is 3.82. The monoisotopic (exact) mass is 357 g/mol. The standard InChI is InChI=1S/C21H15N3OS/c25-19-8-2-1-6-17(19)15-12-16(14-22-13-15)18-7-5-10-21(24-18)26-20-9-3-4-11-23-20/h1-14,25H. The van der Waals surface area contributed by atoms with E-state index >= 15 is 0 Å². The van der Waals surface area contributed by atoms with E-state index in [1.807, 2.05) is 54.6 Å². The summed E-state index contributed by atoms with van der Waals surface area (Å²) in [7, 11) is 0. The molecule has 0 aliphatic carbocycles. The number of phenolic OH excluding ortho intramolecular Hbond substituents is 1. The first-order chi connectivity index (χ1) is 12.8. The zero-order chi connectivity index (χ0) is 17.8. The predicted molar refractivity (Wildman–Crippen MR) is 103 cm³/mol. The van der Waals surface area contributed by atoms with Gasteiger partial charge < -0.3 is 5.11 Å². The second kappa shape index (κ2) is 7.37. The van der Waals surface area contributed by atoms with Crippen LogP contribution >= 0.6 is 11.8 Å². The van der Waals surface area contributed by atoms with E-state index in [4.69, 9.17) is 4.98 Å². The number of benzene rings is 1. The lowest BCUT2D eigenvalue weighted by Gasteiger charge is -2.07. The molecule has 1 N–H and O–H groups in total. The van der Waals surface area contributed by atoms with Gasteiger partial charge in [-0.15, -0.1) is 0 Å². The molecule has 0 unspecified atom stereocenters. The van der Waals surface area contributed by atoms with Gasteiger partial charge in [-0.05, 0) is 36.4 Å². The number of aromatic nitrogens is 3. The molecule has 3 heterocycles. The number of hydrogen-bond donors (Lipinski definition) is 1. The van der Waals surface area contributed by atoms with Crippen LogP contribution in [0.1, 0.15) is 0 Å². The molecule has 5 heteroatoms. The second-order valence-electron chi connectivity index (χ2n) is 5.61.